The highest BCUT2D eigenvalue weighted by Crippen LogP contribution is 2.30. The maximum Gasteiger partial charge on any atom is 0.229 e. The standard InChI is InChI=1S/C15H17Cl2NO2/c16-7-1-2-8-18-14(19)9-12(10-15(18)20)11-3-5-13(17)6-4-11/h3-6,12H,1-2,7-10H2. The Morgan fingerprint density at radius 3 is 2.20 bits per heavy atom. The summed E-state index contributed by atoms with van der Waals surface area (Å²) >= 11 is 11.5. The number of carbonyl (C=O) groups is 2. The van der Waals surface area contributed by atoms with Gasteiger partial charge >= 0.3 is 0 Å². The van der Waals surface area contributed by atoms with Gasteiger partial charge in [0.1, 0.15) is 0 Å². The zero-order chi connectivity index (χ0) is 14.5. The van der Waals surface area contributed by atoms with E-state index in [0.717, 1.165) is 18.4 Å². The number of alkyl halides is 1. The van der Waals surface area contributed by atoms with Gasteiger partial charge in [-0.05, 0) is 30.5 Å². The van der Waals surface area contributed by atoms with Gasteiger partial charge in [0.15, 0.2) is 0 Å². The van der Waals surface area contributed by atoms with Crippen LogP contribution in [0, 0.1) is 0 Å². The second-order valence-electron chi connectivity index (χ2n) is 4.99. The minimum absolute atomic E-state index is 0.0310. The van der Waals surface area contributed by atoms with E-state index < -0.39 is 0 Å². The van der Waals surface area contributed by atoms with Crippen LogP contribution in [0.15, 0.2) is 24.3 Å². The lowest BCUT2D eigenvalue weighted by molar-refractivity contribution is -0.148. The van der Waals surface area contributed by atoms with Gasteiger partial charge in [0, 0.05) is 36.2 Å². The molecule has 1 heterocycles. The summed E-state index contributed by atoms with van der Waals surface area (Å²) in [5.74, 6) is 0.354. The molecule has 1 aliphatic rings. The van der Waals surface area contributed by atoms with Crippen molar-refractivity contribution < 1.29 is 9.59 Å². The highest BCUT2D eigenvalue weighted by molar-refractivity contribution is 6.30. The fourth-order valence-corrected chi connectivity index (χ4v) is 2.75. The number of amides is 2. The third kappa shape index (κ3) is 3.74. The van der Waals surface area contributed by atoms with Crippen molar-refractivity contribution in [2.24, 2.45) is 0 Å². The molecule has 3 nitrogen and oxygen atoms in total. The summed E-state index contributed by atoms with van der Waals surface area (Å²) in [6.07, 6.45) is 2.36. The number of hydrogen-bond donors (Lipinski definition) is 0. The number of halogens is 2. The number of nitrogens with zero attached hydrogens (tertiary/aromatic N) is 1. The normalized spacial score (nSPS) is 16.8. The second kappa shape index (κ2) is 7.09. The van der Waals surface area contributed by atoms with Gasteiger partial charge in [-0.15, -0.1) is 11.6 Å². The molecule has 0 saturated carbocycles. The Morgan fingerprint density at radius 1 is 1.05 bits per heavy atom. The minimum atomic E-state index is -0.0872. The molecule has 1 fully saturated rings. The summed E-state index contributed by atoms with van der Waals surface area (Å²) in [5.41, 5.74) is 0.997. The zero-order valence-electron chi connectivity index (χ0n) is 11.1. The first-order valence-electron chi connectivity index (χ1n) is 6.76. The first kappa shape index (κ1) is 15.3. The van der Waals surface area contributed by atoms with Crippen molar-refractivity contribution in [3.63, 3.8) is 0 Å². The molecule has 1 aromatic rings. The first-order chi connectivity index (χ1) is 9.61. The Hall–Kier alpha value is -1.06. The summed E-state index contributed by atoms with van der Waals surface area (Å²) in [6.45, 7) is 0.484. The molecule has 2 amide bonds. The van der Waals surface area contributed by atoms with Gasteiger partial charge in [-0.1, -0.05) is 23.7 Å². The molecule has 0 bridgehead atoms. The molecule has 0 aromatic heterocycles. The van der Waals surface area contributed by atoms with Crippen LogP contribution in [0.2, 0.25) is 5.02 Å². The second-order valence-corrected chi connectivity index (χ2v) is 5.81. The van der Waals surface area contributed by atoms with E-state index in [9.17, 15) is 9.59 Å². The molecule has 108 valence electrons. The maximum absolute atomic E-state index is 12.1. The predicted octanol–water partition coefficient (Wildman–Crippen LogP) is 3.59. The van der Waals surface area contributed by atoms with Crippen LogP contribution >= 0.6 is 23.2 Å². The van der Waals surface area contributed by atoms with Crippen LogP contribution in [0.25, 0.3) is 0 Å². The van der Waals surface area contributed by atoms with Crippen molar-refractivity contribution in [2.75, 3.05) is 12.4 Å². The van der Waals surface area contributed by atoms with Crippen LogP contribution in [0.4, 0.5) is 0 Å². The number of unbranched alkanes of at least 4 members (excludes halogenated alkanes) is 1. The Kier molecular flexibility index (Phi) is 5.44. The monoisotopic (exact) mass is 313 g/mol. The van der Waals surface area contributed by atoms with E-state index in [-0.39, 0.29) is 17.7 Å². The lowest BCUT2D eigenvalue weighted by atomic mass is 9.88. The van der Waals surface area contributed by atoms with Gasteiger partial charge in [0.05, 0.1) is 0 Å². The summed E-state index contributed by atoms with van der Waals surface area (Å²) in [5, 5.41) is 0.657. The van der Waals surface area contributed by atoms with Crippen LogP contribution in [0.5, 0.6) is 0 Å². The van der Waals surface area contributed by atoms with E-state index in [4.69, 9.17) is 23.2 Å². The molecule has 0 spiro atoms. The fourth-order valence-electron chi connectivity index (χ4n) is 2.44. The van der Waals surface area contributed by atoms with Gasteiger partial charge in [0.25, 0.3) is 0 Å². The average Bonchev–Trinajstić information content (AvgIpc) is 2.42. The molecule has 1 saturated heterocycles. The number of piperidine rings is 1. The fraction of sp³-hybridized carbons (Fsp3) is 0.467. The molecule has 1 aliphatic heterocycles. The van der Waals surface area contributed by atoms with Gasteiger partial charge in [-0.2, -0.15) is 0 Å². The number of imide groups is 1. The Balaban J connectivity index is 2.00. The Morgan fingerprint density at radius 2 is 1.65 bits per heavy atom. The number of hydrogen-bond acceptors (Lipinski definition) is 2. The lowest BCUT2D eigenvalue weighted by Crippen LogP contribution is -2.43. The van der Waals surface area contributed by atoms with Gasteiger partial charge in [-0.25, -0.2) is 0 Å². The quantitative estimate of drug-likeness (QED) is 0.473. The molecule has 2 rings (SSSR count). The van der Waals surface area contributed by atoms with E-state index in [2.05, 4.69) is 0 Å². The van der Waals surface area contributed by atoms with Crippen molar-refractivity contribution in [3.8, 4) is 0 Å². The summed E-state index contributed by atoms with van der Waals surface area (Å²) < 4.78 is 0. The molecule has 0 aliphatic carbocycles. The summed E-state index contributed by atoms with van der Waals surface area (Å²) in [6, 6.07) is 7.35. The SMILES string of the molecule is O=C1CC(c2ccc(Cl)cc2)CC(=O)N1CCCCCl. The molecule has 0 radical (unpaired) electrons. The first-order valence-corrected chi connectivity index (χ1v) is 7.67. The van der Waals surface area contributed by atoms with Crippen molar-refractivity contribution in [3.05, 3.63) is 34.9 Å². The van der Waals surface area contributed by atoms with Crippen molar-refractivity contribution in [1.82, 2.24) is 4.90 Å². The summed E-state index contributed by atoms with van der Waals surface area (Å²) in [4.78, 5) is 25.6. The minimum Gasteiger partial charge on any atom is -0.283 e. The van der Waals surface area contributed by atoms with Crippen LogP contribution in [-0.2, 0) is 9.59 Å². The highest BCUT2D eigenvalue weighted by atomic mass is 35.5. The van der Waals surface area contributed by atoms with Crippen molar-refractivity contribution >= 4 is 35.0 Å². The van der Waals surface area contributed by atoms with Gasteiger partial charge < -0.3 is 0 Å². The van der Waals surface area contributed by atoms with E-state index in [1.54, 1.807) is 12.1 Å². The van der Waals surface area contributed by atoms with E-state index in [1.165, 1.54) is 4.90 Å². The molecule has 1 aromatic carbocycles. The molecule has 0 atom stereocenters. The van der Waals surface area contributed by atoms with Crippen LogP contribution < -0.4 is 0 Å². The smallest absolute Gasteiger partial charge is 0.229 e. The van der Waals surface area contributed by atoms with Crippen LogP contribution in [0.1, 0.15) is 37.2 Å². The molecular formula is C15H17Cl2NO2. The van der Waals surface area contributed by atoms with Gasteiger partial charge in [0.2, 0.25) is 11.8 Å². The zero-order valence-corrected chi connectivity index (χ0v) is 12.7. The average molecular weight is 314 g/mol. The van der Waals surface area contributed by atoms with Crippen LogP contribution in [0.3, 0.4) is 0 Å². The third-order valence-corrected chi connectivity index (χ3v) is 4.07. The van der Waals surface area contributed by atoms with Crippen LogP contribution in [-0.4, -0.2) is 29.1 Å². The number of carbonyl (C=O) groups excluding carboxylic acids is 2. The van der Waals surface area contributed by atoms with Gasteiger partial charge in [-0.3, -0.25) is 14.5 Å². The molecule has 0 N–H and O–H groups in total. The van der Waals surface area contributed by atoms with Crippen molar-refractivity contribution in [1.29, 1.82) is 0 Å². The topological polar surface area (TPSA) is 37.4 Å². The molecule has 20 heavy (non-hydrogen) atoms. The third-order valence-electron chi connectivity index (χ3n) is 3.55. The molecular weight excluding hydrogens is 297 g/mol. The Bertz CT molecular complexity index is 469. The van der Waals surface area contributed by atoms with E-state index in [0.29, 0.717) is 30.3 Å². The van der Waals surface area contributed by atoms with E-state index >= 15 is 0 Å². The summed E-state index contributed by atoms with van der Waals surface area (Å²) in [7, 11) is 0. The van der Waals surface area contributed by atoms with E-state index in [1.807, 2.05) is 12.1 Å². The lowest BCUT2D eigenvalue weighted by Gasteiger charge is -2.30. The Labute approximate surface area is 128 Å². The van der Waals surface area contributed by atoms with Crippen molar-refractivity contribution in [2.45, 2.75) is 31.6 Å². The molecule has 0 unspecified atom stereocenters. The molecule has 5 heteroatoms. The maximum atomic E-state index is 12.1. The predicted molar refractivity (Wildman–Crippen MR) is 80.1 cm³/mol. The number of likely N-dealkylation sites (tertiary alicyclic amines) is 1. The highest BCUT2D eigenvalue weighted by Gasteiger charge is 2.32. The largest absolute Gasteiger partial charge is 0.283 e. The number of rotatable bonds is 5. The number of benzene rings is 1.